The summed E-state index contributed by atoms with van der Waals surface area (Å²) in [6, 6.07) is 6.37. The first-order chi connectivity index (χ1) is 12.5. The zero-order valence-electron chi connectivity index (χ0n) is 15.3. The standard InChI is InChI=1S/C19H24N4O2S/c1-12-5-4-6-13(2)17(12)22-16(24)11-21-18(25)14(3)26-19-20-9-10-23(19)15-7-8-15/h4-6,9-10,14-15H,7-8,11H2,1-3H3,(H,21,25)(H,22,24)/t14-/m1/s1. The molecule has 0 unspecified atom stereocenters. The van der Waals surface area contributed by atoms with Gasteiger partial charge in [0.2, 0.25) is 11.8 Å². The number of thioether (sulfide) groups is 1. The topological polar surface area (TPSA) is 76.0 Å². The first kappa shape index (κ1) is 18.5. The fourth-order valence-corrected chi connectivity index (χ4v) is 3.70. The van der Waals surface area contributed by atoms with Gasteiger partial charge < -0.3 is 15.2 Å². The third-order valence-electron chi connectivity index (χ3n) is 4.39. The third-order valence-corrected chi connectivity index (χ3v) is 5.49. The van der Waals surface area contributed by atoms with E-state index in [-0.39, 0.29) is 23.6 Å². The minimum atomic E-state index is -0.317. The minimum Gasteiger partial charge on any atom is -0.346 e. The average Bonchev–Trinajstić information content (AvgIpc) is 3.35. The molecule has 3 rings (SSSR count). The van der Waals surface area contributed by atoms with Gasteiger partial charge in [-0.1, -0.05) is 30.0 Å². The summed E-state index contributed by atoms with van der Waals surface area (Å²) >= 11 is 1.42. The molecule has 0 aliphatic heterocycles. The maximum absolute atomic E-state index is 12.3. The van der Waals surface area contributed by atoms with Gasteiger partial charge in [0, 0.05) is 24.1 Å². The number of para-hydroxylation sites is 1. The number of aryl methyl sites for hydroxylation is 2. The lowest BCUT2D eigenvalue weighted by atomic mass is 10.1. The molecule has 0 bridgehead atoms. The van der Waals surface area contributed by atoms with Crippen LogP contribution in [-0.4, -0.2) is 33.2 Å². The third kappa shape index (κ3) is 4.46. The molecule has 138 valence electrons. The Hall–Kier alpha value is -2.28. The quantitative estimate of drug-likeness (QED) is 0.733. The molecular formula is C19H24N4O2S. The van der Waals surface area contributed by atoms with Crippen molar-refractivity contribution >= 4 is 29.3 Å². The van der Waals surface area contributed by atoms with Crippen LogP contribution in [0.4, 0.5) is 5.69 Å². The Balaban J connectivity index is 1.50. The lowest BCUT2D eigenvalue weighted by molar-refractivity contribution is -0.123. The number of amides is 2. The fraction of sp³-hybridized carbons (Fsp3) is 0.421. The maximum atomic E-state index is 12.3. The van der Waals surface area contributed by atoms with Crippen molar-refractivity contribution in [1.29, 1.82) is 0 Å². The average molecular weight is 372 g/mol. The largest absolute Gasteiger partial charge is 0.346 e. The van der Waals surface area contributed by atoms with Crippen molar-refractivity contribution < 1.29 is 9.59 Å². The number of imidazole rings is 1. The summed E-state index contributed by atoms with van der Waals surface area (Å²) in [5, 5.41) is 6.12. The van der Waals surface area contributed by atoms with E-state index in [0.29, 0.717) is 6.04 Å². The molecule has 1 aromatic heterocycles. The monoisotopic (exact) mass is 372 g/mol. The number of nitrogens with zero attached hydrogens (tertiary/aromatic N) is 2. The van der Waals surface area contributed by atoms with Gasteiger partial charge in [-0.2, -0.15) is 0 Å². The van der Waals surface area contributed by atoms with E-state index < -0.39 is 0 Å². The number of hydrogen-bond acceptors (Lipinski definition) is 4. The van der Waals surface area contributed by atoms with Crippen LogP contribution in [-0.2, 0) is 9.59 Å². The number of nitrogens with one attached hydrogen (secondary N) is 2. The van der Waals surface area contributed by atoms with Crippen molar-refractivity contribution in [1.82, 2.24) is 14.9 Å². The molecule has 1 aromatic carbocycles. The molecule has 1 aliphatic rings. The van der Waals surface area contributed by atoms with Crippen LogP contribution in [0.25, 0.3) is 0 Å². The zero-order chi connectivity index (χ0) is 18.7. The van der Waals surface area contributed by atoms with E-state index in [1.165, 1.54) is 24.6 Å². The summed E-state index contributed by atoms with van der Waals surface area (Å²) in [5.74, 6) is -0.399. The van der Waals surface area contributed by atoms with Gasteiger partial charge >= 0.3 is 0 Å². The van der Waals surface area contributed by atoms with Crippen LogP contribution in [0.15, 0.2) is 35.7 Å². The molecule has 2 amide bonds. The van der Waals surface area contributed by atoms with Crippen LogP contribution in [0.3, 0.4) is 0 Å². The van der Waals surface area contributed by atoms with Crippen LogP contribution < -0.4 is 10.6 Å². The Bertz CT molecular complexity index is 793. The lowest BCUT2D eigenvalue weighted by Crippen LogP contribution is -2.37. The number of aromatic nitrogens is 2. The number of benzene rings is 1. The molecule has 1 atom stereocenters. The highest BCUT2D eigenvalue weighted by atomic mass is 32.2. The van der Waals surface area contributed by atoms with Crippen LogP contribution in [0.2, 0.25) is 0 Å². The SMILES string of the molecule is Cc1cccc(C)c1NC(=O)CNC(=O)[C@@H](C)Sc1nccn1C1CC1. The first-order valence-electron chi connectivity index (χ1n) is 8.79. The van der Waals surface area contributed by atoms with Crippen LogP contribution >= 0.6 is 11.8 Å². The van der Waals surface area contributed by atoms with E-state index in [1.807, 2.05) is 45.2 Å². The zero-order valence-corrected chi connectivity index (χ0v) is 16.1. The molecule has 2 N–H and O–H groups in total. The number of anilines is 1. The molecular weight excluding hydrogens is 348 g/mol. The van der Waals surface area contributed by atoms with E-state index in [2.05, 4.69) is 20.2 Å². The minimum absolute atomic E-state index is 0.0471. The first-order valence-corrected chi connectivity index (χ1v) is 9.67. The number of carbonyl (C=O) groups excluding carboxylic acids is 2. The van der Waals surface area contributed by atoms with Crippen molar-refractivity contribution in [3.63, 3.8) is 0 Å². The van der Waals surface area contributed by atoms with Crippen LogP contribution in [0.1, 0.15) is 36.9 Å². The summed E-state index contributed by atoms with van der Waals surface area (Å²) in [7, 11) is 0. The normalized spacial score (nSPS) is 14.7. The summed E-state index contributed by atoms with van der Waals surface area (Å²) in [6.45, 7) is 5.67. The van der Waals surface area contributed by atoms with Gasteiger partial charge in [-0.25, -0.2) is 4.98 Å². The van der Waals surface area contributed by atoms with Gasteiger partial charge in [-0.15, -0.1) is 0 Å². The Morgan fingerprint density at radius 3 is 2.65 bits per heavy atom. The van der Waals surface area contributed by atoms with E-state index in [4.69, 9.17) is 0 Å². The molecule has 1 fully saturated rings. The van der Waals surface area contributed by atoms with Gasteiger partial charge in [-0.3, -0.25) is 9.59 Å². The highest BCUT2D eigenvalue weighted by molar-refractivity contribution is 8.00. The second-order valence-electron chi connectivity index (χ2n) is 6.64. The molecule has 1 saturated carbocycles. The van der Waals surface area contributed by atoms with E-state index in [0.717, 1.165) is 22.0 Å². The van der Waals surface area contributed by atoms with Gasteiger partial charge in [0.05, 0.1) is 11.8 Å². The Kier molecular flexibility index (Phi) is 5.66. The molecule has 7 heteroatoms. The molecule has 6 nitrogen and oxygen atoms in total. The fourth-order valence-electron chi connectivity index (χ4n) is 2.74. The van der Waals surface area contributed by atoms with Crippen molar-refractivity contribution in [3.05, 3.63) is 41.7 Å². The molecule has 0 spiro atoms. The summed E-state index contributed by atoms with van der Waals surface area (Å²) in [6.07, 6.45) is 6.07. The smallest absolute Gasteiger partial charge is 0.243 e. The predicted molar refractivity (Wildman–Crippen MR) is 103 cm³/mol. The van der Waals surface area contributed by atoms with E-state index in [1.54, 1.807) is 6.20 Å². The van der Waals surface area contributed by atoms with Crippen molar-refractivity contribution in [2.75, 3.05) is 11.9 Å². The van der Waals surface area contributed by atoms with Crippen molar-refractivity contribution in [3.8, 4) is 0 Å². The van der Waals surface area contributed by atoms with Crippen LogP contribution in [0, 0.1) is 13.8 Å². The highest BCUT2D eigenvalue weighted by Crippen LogP contribution is 2.38. The van der Waals surface area contributed by atoms with E-state index >= 15 is 0 Å². The predicted octanol–water partition coefficient (Wildman–Crippen LogP) is 3.07. The molecule has 2 aromatic rings. The molecule has 26 heavy (non-hydrogen) atoms. The molecule has 0 radical (unpaired) electrons. The van der Waals surface area contributed by atoms with Crippen LogP contribution in [0.5, 0.6) is 0 Å². The number of hydrogen-bond donors (Lipinski definition) is 2. The number of carbonyl (C=O) groups is 2. The molecule has 0 saturated heterocycles. The van der Waals surface area contributed by atoms with Crippen molar-refractivity contribution in [2.45, 2.75) is 50.1 Å². The molecule has 1 heterocycles. The highest BCUT2D eigenvalue weighted by Gasteiger charge is 2.27. The van der Waals surface area contributed by atoms with Gasteiger partial charge in [-0.05, 0) is 44.7 Å². The van der Waals surface area contributed by atoms with Gasteiger partial charge in [0.25, 0.3) is 0 Å². The second-order valence-corrected chi connectivity index (χ2v) is 7.95. The summed E-state index contributed by atoms with van der Waals surface area (Å²) < 4.78 is 2.13. The second kappa shape index (κ2) is 7.95. The maximum Gasteiger partial charge on any atom is 0.243 e. The van der Waals surface area contributed by atoms with Gasteiger partial charge in [0.1, 0.15) is 0 Å². The van der Waals surface area contributed by atoms with E-state index in [9.17, 15) is 9.59 Å². The summed E-state index contributed by atoms with van der Waals surface area (Å²) in [5.41, 5.74) is 2.81. The summed E-state index contributed by atoms with van der Waals surface area (Å²) in [4.78, 5) is 28.8. The molecule has 1 aliphatic carbocycles. The van der Waals surface area contributed by atoms with Crippen molar-refractivity contribution in [2.24, 2.45) is 0 Å². The number of rotatable bonds is 7. The Morgan fingerprint density at radius 1 is 1.31 bits per heavy atom. The Labute approximate surface area is 157 Å². The lowest BCUT2D eigenvalue weighted by Gasteiger charge is -2.14. The van der Waals surface area contributed by atoms with Gasteiger partial charge in [0.15, 0.2) is 5.16 Å². The Morgan fingerprint density at radius 2 is 2.00 bits per heavy atom.